The van der Waals surface area contributed by atoms with Crippen molar-refractivity contribution in [3.8, 4) is 0 Å². The maximum Gasteiger partial charge on any atom is 0.190 e. The number of fused-ring (bicyclic) bond motifs is 1. The van der Waals surface area contributed by atoms with Gasteiger partial charge in [0.25, 0.3) is 0 Å². The summed E-state index contributed by atoms with van der Waals surface area (Å²) in [6.45, 7) is 5.30. The molecule has 2 rings (SSSR count). The van der Waals surface area contributed by atoms with Gasteiger partial charge in [-0.1, -0.05) is 30.8 Å². The van der Waals surface area contributed by atoms with Crippen LogP contribution in [-0.2, 0) is 4.74 Å². The van der Waals surface area contributed by atoms with E-state index in [1.165, 1.54) is 12.3 Å². The Kier molecular flexibility index (Phi) is 3.42. The van der Waals surface area contributed by atoms with Gasteiger partial charge < -0.3 is 4.74 Å². The number of hydrogen-bond donors (Lipinski definition) is 0. The first-order chi connectivity index (χ1) is 8.63. The SMILES string of the molecule is C=COC(C)CC1=CC(=O)c2ccccc2C1=O. The Hall–Kier alpha value is -2.16. The molecule has 1 aromatic carbocycles. The molecule has 92 valence electrons. The smallest absolute Gasteiger partial charge is 0.190 e. The van der Waals surface area contributed by atoms with Crippen LogP contribution >= 0.6 is 0 Å². The molecule has 0 saturated heterocycles. The summed E-state index contributed by atoms with van der Waals surface area (Å²) in [6.07, 6.45) is 2.99. The molecule has 0 N–H and O–H groups in total. The zero-order valence-electron chi connectivity index (χ0n) is 10.2. The zero-order valence-corrected chi connectivity index (χ0v) is 10.2. The number of Topliss-reactive ketones (excluding diaryl/α,β-unsaturated/α-hetero) is 1. The van der Waals surface area contributed by atoms with Crippen molar-refractivity contribution in [3.63, 3.8) is 0 Å². The highest BCUT2D eigenvalue weighted by atomic mass is 16.5. The summed E-state index contributed by atoms with van der Waals surface area (Å²) in [6, 6.07) is 6.87. The van der Waals surface area contributed by atoms with Crippen LogP contribution in [-0.4, -0.2) is 17.7 Å². The van der Waals surface area contributed by atoms with Crippen LogP contribution in [0.1, 0.15) is 34.1 Å². The number of hydrogen-bond acceptors (Lipinski definition) is 3. The molecule has 1 unspecified atom stereocenters. The number of ketones is 2. The maximum absolute atomic E-state index is 12.2. The van der Waals surface area contributed by atoms with Gasteiger partial charge in [0.15, 0.2) is 11.6 Å². The molecule has 0 bridgehead atoms. The van der Waals surface area contributed by atoms with E-state index in [1.807, 2.05) is 6.92 Å². The third-order valence-corrected chi connectivity index (χ3v) is 2.87. The third kappa shape index (κ3) is 2.25. The molecule has 0 saturated carbocycles. The fraction of sp³-hybridized carbons (Fsp3) is 0.200. The molecular formula is C15H14O3. The van der Waals surface area contributed by atoms with E-state index in [2.05, 4.69) is 6.58 Å². The fourth-order valence-electron chi connectivity index (χ4n) is 2.04. The predicted octanol–water partition coefficient (Wildman–Crippen LogP) is 2.93. The number of benzene rings is 1. The van der Waals surface area contributed by atoms with Gasteiger partial charge in [0.05, 0.1) is 12.4 Å². The van der Waals surface area contributed by atoms with E-state index < -0.39 is 0 Å². The van der Waals surface area contributed by atoms with E-state index in [0.29, 0.717) is 23.1 Å². The van der Waals surface area contributed by atoms with Gasteiger partial charge in [-0.2, -0.15) is 0 Å². The first-order valence-electron chi connectivity index (χ1n) is 5.78. The molecule has 3 nitrogen and oxygen atoms in total. The van der Waals surface area contributed by atoms with Gasteiger partial charge in [-0.25, -0.2) is 0 Å². The minimum Gasteiger partial charge on any atom is -0.499 e. The molecule has 1 aliphatic carbocycles. The standard InChI is InChI=1S/C15H14O3/c1-3-18-10(2)8-11-9-14(16)12-6-4-5-7-13(12)15(11)17/h3-7,9-10H,1,8H2,2H3. The molecule has 0 fully saturated rings. The summed E-state index contributed by atoms with van der Waals surface area (Å²) in [5, 5.41) is 0. The van der Waals surface area contributed by atoms with Gasteiger partial charge >= 0.3 is 0 Å². The normalized spacial score (nSPS) is 15.7. The van der Waals surface area contributed by atoms with E-state index in [-0.39, 0.29) is 17.7 Å². The van der Waals surface area contributed by atoms with Crippen LogP contribution in [0.3, 0.4) is 0 Å². The molecule has 0 aliphatic heterocycles. The largest absolute Gasteiger partial charge is 0.499 e. The summed E-state index contributed by atoms with van der Waals surface area (Å²) in [5.74, 6) is -0.212. The van der Waals surface area contributed by atoms with Crippen molar-refractivity contribution in [1.29, 1.82) is 0 Å². The van der Waals surface area contributed by atoms with Crippen LogP contribution in [0, 0.1) is 0 Å². The molecule has 0 radical (unpaired) electrons. The lowest BCUT2D eigenvalue weighted by Crippen LogP contribution is -2.19. The van der Waals surface area contributed by atoms with Crippen LogP contribution in [0.15, 0.2) is 48.8 Å². The van der Waals surface area contributed by atoms with Gasteiger partial charge in [-0.15, -0.1) is 0 Å². The van der Waals surface area contributed by atoms with Crippen molar-refractivity contribution in [2.75, 3.05) is 0 Å². The molecule has 1 atom stereocenters. The summed E-state index contributed by atoms with van der Waals surface area (Å²) in [7, 11) is 0. The first-order valence-corrected chi connectivity index (χ1v) is 5.78. The number of carbonyl (C=O) groups is 2. The number of allylic oxidation sites excluding steroid dienone is 1. The monoisotopic (exact) mass is 242 g/mol. The van der Waals surface area contributed by atoms with Crippen LogP contribution in [0.5, 0.6) is 0 Å². The van der Waals surface area contributed by atoms with Gasteiger partial charge in [0.1, 0.15) is 0 Å². The quantitative estimate of drug-likeness (QED) is 0.762. The zero-order chi connectivity index (χ0) is 13.1. The summed E-state index contributed by atoms with van der Waals surface area (Å²) in [5.41, 5.74) is 1.45. The number of carbonyl (C=O) groups excluding carboxylic acids is 2. The molecule has 1 aromatic rings. The van der Waals surface area contributed by atoms with Crippen molar-refractivity contribution in [2.45, 2.75) is 19.4 Å². The van der Waals surface area contributed by atoms with Crippen LogP contribution in [0.2, 0.25) is 0 Å². The minimum absolute atomic E-state index is 0.0929. The van der Waals surface area contributed by atoms with E-state index in [0.717, 1.165) is 0 Å². The number of ether oxygens (including phenoxy) is 1. The third-order valence-electron chi connectivity index (χ3n) is 2.87. The molecule has 0 aromatic heterocycles. The Bertz CT molecular complexity index is 540. The molecule has 1 aliphatic rings. The summed E-state index contributed by atoms with van der Waals surface area (Å²) >= 11 is 0. The Morgan fingerprint density at radius 2 is 1.94 bits per heavy atom. The molecule has 18 heavy (non-hydrogen) atoms. The Morgan fingerprint density at radius 3 is 2.61 bits per heavy atom. The van der Waals surface area contributed by atoms with Crippen molar-refractivity contribution >= 4 is 11.6 Å². The highest BCUT2D eigenvalue weighted by molar-refractivity contribution is 6.24. The van der Waals surface area contributed by atoms with Crippen LogP contribution in [0.4, 0.5) is 0 Å². The minimum atomic E-state index is -0.171. The van der Waals surface area contributed by atoms with Gasteiger partial charge in [0, 0.05) is 23.1 Å². The van der Waals surface area contributed by atoms with Gasteiger partial charge in [-0.3, -0.25) is 9.59 Å². The van der Waals surface area contributed by atoms with Crippen LogP contribution in [0.25, 0.3) is 0 Å². The Balaban J connectivity index is 2.28. The Labute approximate surface area is 106 Å². The second-order valence-corrected chi connectivity index (χ2v) is 4.23. The van der Waals surface area contributed by atoms with Crippen molar-refractivity contribution in [3.05, 3.63) is 59.9 Å². The van der Waals surface area contributed by atoms with E-state index in [4.69, 9.17) is 4.74 Å². The number of rotatable bonds is 4. The second kappa shape index (κ2) is 5.00. The molecule has 0 spiro atoms. The van der Waals surface area contributed by atoms with Crippen molar-refractivity contribution in [1.82, 2.24) is 0 Å². The summed E-state index contributed by atoms with van der Waals surface area (Å²) in [4.78, 5) is 24.1. The highest BCUT2D eigenvalue weighted by Crippen LogP contribution is 2.24. The highest BCUT2D eigenvalue weighted by Gasteiger charge is 2.25. The maximum atomic E-state index is 12.2. The molecule has 0 heterocycles. The Morgan fingerprint density at radius 1 is 1.28 bits per heavy atom. The van der Waals surface area contributed by atoms with Crippen LogP contribution < -0.4 is 0 Å². The van der Waals surface area contributed by atoms with Crippen molar-refractivity contribution in [2.24, 2.45) is 0 Å². The van der Waals surface area contributed by atoms with E-state index in [1.54, 1.807) is 24.3 Å². The van der Waals surface area contributed by atoms with Gasteiger partial charge in [-0.05, 0) is 13.0 Å². The second-order valence-electron chi connectivity index (χ2n) is 4.23. The lowest BCUT2D eigenvalue weighted by Gasteiger charge is -2.17. The molecular weight excluding hydrogens is 228 g/mol. The predicted molar refractivity (Wildman–Crippen MR) is 68.5 cm³/mol. The van der Waals surface area contributed by atoms with E-state index in [9.17, 15) is 9.59 Å². The van der Waals surface area contributed by atoms with E-state index >= 15 is 0 Å². The fourth-order valence-corrected chi connectivity index (χ4v) is 2.04. The average Bonchev–Trinajstić information content (AvgIpc) is 2.36. The lowest BCUT2D eigenvalue weighted by atomic mass is 9.87. The average molecular weight is 242 g/mol. The van der Waals surface area contributed by atoms with Crippen molar-refractivity contribution < 1.29 is 14.3 Å². The summed E-state index contributed by atoms with van der Waals surface area (Å²) < 4.78 is 5.18. The van der Waals surface area contributed by atoms with Gasteiger partial charge in [0.2, 0.25) is 0 Å². The molecule has 0 amide bonds. The molecule has 3 heteroatoms. The first kappa shape index (κ1) is 12.3. The topological polar surface area (TPSA) is 43.4 Å². The lowest BCUT2D eigenvalue weighted by molar-refractivity contribution is 0.0966.